The van der Waals surface area contributed by atoms with E-state index in [1.54, 1.807) is 7.11 Å². The van der Waals surface area contributed by atoms with Crippen LogP contribution in [0.3, 0.4) is 0 Å². The molecule has 3 nitrogen and oxygen atoms in total. The number of rotatable bonds is 8. The Bertz CT molecular complexity index is 274. The third-order valence-electron chi connectivity index (χ3n) is 3.81. The van der Waals surface area contributed by atoms with Gasteiger partial charge in [-0.15, -0.1) is 0 Å². The molecule has 0 aromatic rings. The molecule has 1 unspecified atom stereocenters. The largest absolute Gasteiger partial charge is 0.380 e. The molecule has 1 heterocycles. The van der Waals surface area contributed by atoms with Crippen LogP contribution in [-0.2, 0) is 4.74 Å². The predicted octanol–water partition coefficient (Wildman–Crippen LogP) is 2.54. The second-order valence-electron chi connectivity index (χ2n) is 6.40. The second-order valence-corrected chi connectivity index (χ2v) is 6.40. The monoisotopic (exact) mass is 268 g/mol. The van der Waals surface area contributed by atoms with Crippen molar-refractivity contribution in [3.63, 3.8) is 0 Å². The van der Waals surface area contributed by atoms with Crippen molar-refractivity contribution in [3.05, 3.63) is 11.6 Å². The normalized spacial score (nSPS) is 19.0. The third-order valence-corrected chi connectivity index (χ3v) is 3.81. The van der Waals surface area contributed by atoms with E-state index >= 15 is 0 Å². The van der Waals surface area contributed by atoms with Crippen molar-refractivity contribution >= 4 is 0 Å². The Morgan fingerprint density at radius 3 is 2.47 bits per heavy atom. The highest BCUT2D eigenvalue weighted by Gasteiger charge is 2.23. The van der Waals surface area contributed by atoms with E-state index in [1.807, 2.05) is 0 Å². The van der Waals surface area contributed by atoms with Crippen LogP contribution in [0.5, 0.6) is 0 Å². The van der Waals surface area contributed by atoms with E-state index in [1.165, 1.54) is 12.1 Å². The molecule has 1 N–H and O–H groups in total. The maximum Gasteiger partial charge on any atom is 0.0673 e. The summed E-state index contributed by atoms with van der Waals surface area (Å²) in [5, 5.41) is 3.61. The molecule has 0 aliphatic carbocycles. The molecular formula is C16H32N2O. The minimum absolute atomic E-state index is 0.638. The highest BCUT2D eigenvalue weighted by molar-refractivity contribution is 5.08. The van der Waals surface area contributed by atoms with Crippen LogP contribution in [0.2, 0.25) is 0 Å². The molecule has 0 aromatic carbocycles. The van der Waals surface area contributed by atoms with Crippen molar-refractivity contribution in [2.75, 3.05) is 39.9 Å². The molecule has 1 atom stereocenters. The van der Waals surface area contributed by atoms with Crippen LogP contribution in [0.1, 0.15) is 34.1 Å². The van der Waals surface area contributed by atoms with Crippen LogP contribution < -0.4 is 5.32 Å². The molecular weight excluding hydrogens is 236 g/mol. The molecule has 0 saturated heterocycles. The molecule has 0 radical (unpaired) electrons. The van der Waals surface area contributed by atoms with Crippen molar-refractivity contribution < 1.29 is 4.74 Å². The molecule has 1 aliphatic rings. The van der Waals surface area contributed by atoms with Crippen LogP contribution >= 0.6 is 0 Å². The van der Waals surface area contributed by atoms with E-state index in [0.717, 1.165) is 38.6 Å². The fourth-order valence-corrected chi connectivity index (χ4v) is 2.65. The molecule has 1 rings (SSSR count). The molecule has 3 heteroatoms. The molecule has 0 spiro atoms. The van der Waals surface area contributed by atoms with Gasteiger partial charge < -0.3 is 10.1 Å². The Morgan fingerprint density at radius 1 is 1.26 bits per heavy atom. The summed E-state index contributed by atoms with van der Waals surface area (Å²) in [6.45, 7) is 14.4. The highest BCUT2D eigenvalue weighted by atomic mass is 16.5. The Kier molecular flexibility index (Phi) is 7.66. The van der Waals surface area contributed by atoms with Gasteiger partial charge in [0.1, 0.15) is 0 Å². The number of hydrogen-bond donors (Lipinski definition) is 1. The van der Waals surface area contributed by atoms with Gasteiger partial charge in [0.2, 0.25) is 0 Å². The number of methoxy groups -OCH3 is 1. The summed E-state index contributed by atoms with van der Waals surface area (Å²) in [6, 6.07) is 0.638. The fourth-order valence-electron chi connectivity index (χ4n) is 2.65. The van der Waals surface area contributed by atoms with Gasteiger partial charge in [-0.05, 0) is 30.4 Å². The van der Waals surface area contributed by atoms with E-state index in [2.05, 4.69) is 44.0 Å². The maximum atomic E-state index is 5.22. The van der Waals surface area contributed by atoms with Crippen LogP contribution in [0, 0.1) is 11.8 Å². The lowest BCUT2D eigenvalue weighted by atomic mass is 9.99. The first kappa shape index (κ1) is 16.7. The number of ether oxygens (including phenoxy) is 1. The second kappa shape index (κ2) is 8.72. The molecule has 0 bridgehead atoms. The molecule has 0 aromatic heterocycles. The minimum Gasteiger partial charge on any atom is -0.380 e. The van der Waals surface area contributed by atoms with Gasteiger partial charge in [-0.3, -0.25) is 4.90 Å². The molecule has 1 aliphatic heterocycles. The average molecular weight is 268 g/mol. The third kappa shape index (κ3) is 6.07. The first-order valence-corrected chi connectivity index (χ1v) is 7.66. The van der Waals surface area contributed by atoms with Crippen molar-refractivity contribution in [2.45, 2.75) is 40.2 Å². The lowest BCUT2D eigenvalue weighted by Crippen LogP contribution is -2.48. The van der Waals surface area contributed by atoms with E-state index in [4.69, 9.17) is 4.74 Å². The van der Waals surface area contributed by atoms with Crippen LogP contribution in [0.4, 0.5) is 0 Å². The van der Waals surface area contributed by atoms with Crippen molar-refractivity contribution in [2.24, 2.45) is 11.8 Å². The Balaban J connectivity index is 2.44. The lowest BCUT2D eigenvalue weighted by molar-refractivity contribution is 0.153. The number of nitrogens with zero attached hydrogens (tertiary/aromatic N) is 1. The zero-order valence-corrected chi connectivity index (χ0v) is 13.4. The average Bonchev–Trinajstić information content (AvgIpc) is 2.35. The van der Waals surface area contributed by atoms with E-state index in [9.17, 15) is 0 Å². The summed E-state index contributed by atoms with van der Waals surface area (Å²) in [5.41, 5.74) is 1.45. The van der Waals surface area contributed by atoms with Gasteiger partial charge >= 0.3 is 0 Å². The predicted molar refractivity (Wildman–Crippen MR) is 82.5 cm³/mol. The molecule has 0 saturated carbocycles. The Labute approximate surface area is 119 Å². The number of nitrogens with one attached hydrogen (secondary N) is 1. The summed E-state index contributed by atoms with van der Waals surface area (Å²) in [4.78, 5) is 2.61. The van der Waals surface area contributed by atoms with E-state index in [-0.39, 0.29) is 0 Å². The van der Waals surface area contributed by atoms with Gasteiger partial charge in [0, 0.05) is 32.8 Å². The first-order chi connectivity index (χ1) is 9.04. The van der Waals surface area contributed by atoms with E-state index in [0.29, 0.717) is 12.0 Å². The summed E-state index contributed by atoms with van der Waals surface area (Å²) in [7, 11) is 1.78. The zero-order chi connectivity index (χ0) is 14.3. The molecule has 112 valence electrons. The highest BCUT2D eigenvalue weighted by Crippen LogP contribution is 2.17. The van der Waals surface area contributed by atoms with Gasteiger partial charge in [-0.1, -0.05) is 33.8 Å². The summed E-state index contributed by atoms with van der Waals surface area (Å²) in [5.74, 6) is 1.42. The summed E-state index contributed by atoms with van der Waals surface area (Å²) >= 11 is 0. The zero-order valence-electron chi connectivity index (χ0n) is 13.4. The van der Waals surface area contributed by atoms with Crippen LogP contribution in [0.15, 0.2) is 11.6 Å². The molecule has 19 heavy (non-hydrogen) atoms. The lowest BCUT2D eigenvalue weighted by Gasteiger charge is -2.36. The van der Waals surface area contributed by atoms with Gasteiger partial charge in [-0.2, -0.15) is 0 Å². The maximum absolute atomic E-state index is 5.22. The standard InChI is InChI=1S/C16H32N2O/c1-13(2)10-17-11-16(14(3)4)18-8-6-15(7-9-18)12-19-5/h6,13-14,16-17H,7-12H2,1-5H3. The molecule has 0 fully saturated rings. The fraction of sp³-hybridized carbons (Fsp3) is 0.875. The Hall–Kier alpha value is -0.380. The van der Waals surface area contributed by atoms with Gasteiger partial charge in [-0.25, -0.2) is 0 Å². The Morgan fingerprint density at radius 2 is 2.00 bits per heavy atom. The van der Waals surface area contributed by atoms with Crippen LogP contribution in [0.25, 0.3) is 0 Å². The van der Waals surface area contributed by atoms with Gasteiger partial charge in [0.05, 0.1) is 6.61 Å². The quantitative estimate of drug-likeness (QED) is 0.685. The molecule has 0 amide bonds. The minimum atomic E-state index is 0.638. The van der Waals surface area contributed by atoms with Crippen molar-refractivity contribution in [1.82, 2.24) is 10.2 Å². The SMILES string of the molecule is COCC1=CCN(C(CNCC(C)C)C(C)C)CC1. The topological polar surface area (TPSA) is 24.5 Å². The van der Waals surface area contributed by atoms with E-state index < -0.39 is 0 Å². The van der Waals surface area contributed by atoms with Crippen molar-refractivity contribution in [3.8, 4) is 0 Å². The smallest absolute Gasteiger partial charge is 0.0673 e. The van der Waals surface area contributed by atoms with Crippen molar-refractivity contribution in [1.29, 1.82) is 0 Å². The first-order valence-electron chi connectivity index (χ1n) is 7.66. The summed E-state index contributed by atoms with van der Waals surface area (Å²) in [6.07, 6.45) is 3.51. The van der Waals surface area contributed by atoms with Gasteiger partial charge in [0.25, 0.3) is 0 Å². The number of hydrogen-bond acceptors (Lipinski definition) is 3. The van der Waals surface area contributed by atoms with Crippen LogP contribution in [-0.4, -0.2) is 50.8 Å². The summed E-state index contributed by atoms with van der Waals surface area (Å²) < 4.78 is 5.22. The van der Waals surface area contributed by atoms with Gasteiger partial charge in [0.15, 0.2) is 0 Å².